The lowest BCUT2D eigenvalue weighted by atomic mass is 10.2. The van der Waals surface area contributed by atoms with Crippen LogP contribution in [-0.4, -0.2) is 15.8 Å². The number of aromatic nitrogens is 1. The molecule has 1 aromatic carbocycles. The van der Waals surface area contributed by atoms with Gasteiger partial charge in [-0.2, -0.15) is 0 Å². The van der Waals surface area contributed by atoms with E-state index in [2.05, 4.69) is 42.2 Å². The highest BCUT2D eigenvalue weighted by molar-refractivity contribution is 9.10. The van der Waals surface area contributed by atoms with Crippen molar-refractivity contribution in [2.45, 2.75) is 0 Å². The van der Waals surface area contributed by atoms with Crippen LogP contribution in [0, 0.1) is 10.1 Å². The van der Waals surface area contributed by atoms with Crippen molar-refractivity contribution >= 4 is 49.1 Å². The zero-order chi connectivity index (χ0) is 14.7. The van der Waals surface area contributed by atoms with E-state index >= 15 is 0 Å². The molecule has 2 rings (SSSR count). The molecule has 0 aliphatic heterocycles. The summed E-state index contributed by atoms with van der Waals surface area (Å²) in [4.78, 5) is 26.3. The lowest BCUT2D eigenvalue weighted by Gasteiger charge is -2.06. The van der Waals surface area contributed by atoms with E-state index in [9.17, 15) is 14.9 Å². The minimum Gasteiger partial charge on any atom is -0.322 e. The van der Waals surface area contributed by atoms with Gasteiger partial charge in [-0.15, -0.1) is 0 Å². The van der Waals surface area contributed by atoms with E-state index in [-0.39, 0.29) is 5.69 Å². The standard InChI is InChI=1S/C12H7Br2N3O3/c13-9-4-3-7(6-10(9)17(19)20)16-12(18)8-2-1-5-15-11(8)14/h1-6H,(H,16,18). The Bertz CT molecular complexity index is 691. The van der Waals surface area contributed by atoms with Gasteiger partial charge in [-0.1, -0.05) is 0 Å². The first-order chi connectivity index (χ1) is 9.49. The number of hydrogen-bond acceptors (Lipinski definition) is 4. The number of nitro benzene ring substituents is 1. The van der Waals surface area contributed by atoms with Crippen LogP contribution in [0.25, 0.3) is 0 Å². The van der Waals surface area contributed by atoms with Crippen molar-refractivity contribution in [1.82, 2.24) is 4.98 Å². The summed E-state index contributed by atoms with van der Waals surface area (Å²) in [6, 6.07) is 7.58. The van der Waals surface area contributed by atoms with Gasteiger partial charge in [0.05, 0.1) is 15.0 Å². The van der Waals surface area contributed by atoms with Crippen molar-refractivity contribution in [2.24, 2.45) is 0 Å². The van der Waals surface area contributed by atoms with Crippen molar-refractivity contribution in [3.63, 3.8) is 0 Å². The molecule has 0 aliphatic rings. The predicted octanol–water partition coefficient (Wildman–Crippen LogP) is 3.77. The second-order valence-electron chi connectivity index (χ2n) is 3.72. The Hall–Kier alpha value is -1.80. The molecule has 8 heteroatoms. The van der Waals surface area contributed by atoms with Crippen LogP contribution < -0.4 is 5.32 Å². The Balaban J connectivity index is 2.27. The number of rotatable bonds is 3. The third-order valence-electron chi connectivity index (χ3n) is 2.40. The molecule has 102 valence electrons. The number of nitrogens with one attached hydrogen (secondary N) is 1. The van der Waals surface area contributed by atoms with Gasteiger partial charge in [0, 0.05) is 18.0 Å². The van der Waals surface area contributed by atoms with Crippen LogP contribution in [0.1, 0.15) is 10.4 Å². The predicted molar refractivity (Wildman–Crippen MR) is 80.7 cm³/mol. The van der Waals surface area contributed by atoms with Crippen LogP contribution in [0.2, 0.25) is 0 Å². The molecule has 0 bridgehead atoms. The first-order valence-corrected chi connectivity index (χ1v) is 6.93. The molecule has 0 saturated carbocycles. The number of hydrogen-bond donors (Lipinski definition) is 1. The third-order valence-corrected chi connectivity index (χ3v) is 3.71. The van der Waals surface area contributed by atoms with Gasteiger partial charge in [0.2, 0.25) is 0 Å². The summed E-state index contributed by atoms with van der Waals surface area (Å²) in [7, 11) is 0. The van der Waals surface area contributed by atoms with Crippen LogP contribution in [0.5, 0.6) is 0 Å². The molecular formula is C12H7Br2N3O3. The molecule has 0 fully saturated rings. The van der Waals surface area contributed by atoms with E-state index in [1.165, 1.54) is 12.1 Å². The van der Waals surface area contributed by atoms with E-state index in [1.54, 1.807) is 24.4 Å². The largest absolute Gasteiger partial charge is 0.322 e. The minimum absolute atomic E-state index is 0.118. The third kappa shape index (κ3) is 3.20. The van der Waals surface area contributed by atoms with E-state index in [1.807, 2.05) is 0 Å². The van der Waals surface area contributed by atoms with Crippen LogP contribution in [0.15, 0.2) is 45.6 Å². The van der Waals surface area contributed by atoms with Crippen molar-refractivity contribution < 1.29 is 9.72 Å². The zero-order valence-electron chi connectivity index (χ0n) is 9.84. The van der Waals surface area contributed by atoms with Crippen LogP contribution in [0.3, 0.4) is 0 Å². The van der Waals surface area contributed by atoms with Gasteiger partial charge < -0.3 is 5.32 Å². The summed E-state index contributed by atoms with van der Waals surface area (Å²) < 4.78 is 0.757. The topological polar surface area (TPSA) is 85.1 Å². The molecular weight excluding hydrogens is 394 g/mol. The molecule has 1 amide bonds. The van der Waals surface area contributed by atoms with Gasteiger partial charge >= 0.3 is 0 Å². The van der Waals surface area contributed by atoms with E-state index in [4.69, 9.17) is 0 Å². The Kier molecular flexibility index (Phi) is 4.46. The van der Waals surface area contributed by atoms with Gasteiger partial charge in [0.1, 0.15) is 4.60 Å². The van der Waals surface area contributed by atoms with Gasteiger partial charge in [0.15, 0.2) is 0 Å². The van der Waals surface area contributed by atoms with Crippen LogP contribution >= 0.6 is 31.9 Å². The number of carbonyl (C=O) groups excluding carboxylic acids is 1. The van der Waals surface area contributed by atoms with E-state index < -0.39 is 10.8 Å². The first-order valence-electron chi connectivity index (χ1n) is 5.35. The Labute approximate surface area is 130 Å². The molecule has 0 aliphatic carbocycles. The van der Waals surface area contributed by atoms with Crippen LogP contribution in [0.4, 0.5) is 11.4 Å². The fourth-order valence-corrected chi connectivity index (χ4v) is 2.31. The van der Waals surface area contributed by atoms with Crippen molar-refractivity contribution in [3.05, 3.63) is 61.3 Å². The molecule has 0 atom stereocenters. The highest BCUT2D eigenvalue weighted by atomic mass is 79.9. The second-order valence-corrected chi connectivity index (χ2v) is 5.32. The summed E-state index contributed by atoms with van der Waals surface area (Å²) >= 11 is 6.25. The monoisotopic (exact) mass is 399 g/mol. The first kappa shape index (κ1) is 14.6. The molecule has 2 aromatic rings. The molecule has 1 N–H and O–H groups in total. The van der Waals surface area contributed by atoms with Gasteiger partial charge in [0.25, 0.3) is 11.6 Å². The highest BCUT2D eigenvalue weighted by Crippen LogP contribution is 2.28. The molecule has 1 heterocycles. The smallest absolute Gasteiger partial charge is 0.285 e. The van der Waals surface area contributed by atoms with Crippen molar-refractivity contribution in [1.29, 1.82) is 0 Å². The van der Waals surface area contributed by atoms with Gasteiger partial charge in [-0.05, 0) is 56.1 Å². The van der Waals surface area contributed by atoms with Crippen molar-refractivity contribution in [3.8, 4) is 0 Å². The number of carbonyl (C=O) groups is 1. The normalized spacial score (nSPS) is 10.1. The molecule has 0 radical (unpaired) electrons. The molecule has 0 unspecified atom stereocenters. The average molecular weight is 401 g/mol. The molecule has 0 spiro atoms. The summed E-state index contributed by atoms with van der Waals surface area (Å²) in [6.45, 7) is 0. The summed E-state index contributed by atoms with van der Waals surface area (Å²) in [5, 5.41) is 13.4. The number of nitro groups is 1. The molecule has 1 aromatic heterocycles. The minimum atomic E-state index is -0.528. The Morgan fingerprint density at radius 1 is 1.30 bits per heavy atom. The number of nitrogens with zero attached hydrogens (tertiary/aromatic N) is 2. The highest BCUT2D eigenvalue weighted by Gasteiger charge is 2.15. The average Bonchev–Trinajstić information content (AvgIpc) is 2.41. The fraction of sp³-hybridized carbons (Fsp3) is 0. The van der Waals surface area contributed by atoms with Gasteiger partial charge in [-0.25, -0.2) is 4.98 Å². The molecule has 6 nitrogen and oxygen atoms in total. The fourth-order valence-electron chi connectivity index (χ4n) is 1.48. The lowest BCUT2D eigenvalue weighted by molar-refractivity contribution is -0.385. The van der Waals surface area contributed by atoms with E-state index in [0.717, 1.165) is 0 Å². The number of halogens is 2. The maximum atomic E-state index is 12.0. The maximum absolute atomic E-state index is 12.0. The lowest BCUT2D eigenvalue weighted by Crippen LogP contribution is -2.13. The van der Waals surface area contributed by atoms with Crippen molar-refractivity contribution in [2.75, 3.05) is 5.32 Å². The number of anilines is 1. The Morgan fingerprint density at radius 2 is 2.05 bits per heavy atom. The maximum Gasteiger partial charge on any atom is 0.285 e. The number of benzene rings is 1. The van der Waals surface area contributed by atoms with E-state index in [0.29, 0.717) is 20.3 Å². The number of pyridine rings is 1. The van der Waals surface area contributed by atoms with Gasteiger partial charge in [-0.3, -0.25) is 14.9 Å². The Morgan fingerprint density at radius 3 is 2.70 bits per heavy atom. The molecule has 20 heavy (non-hydrogen) atoms. The molecule has 0 saturated heterocycles. The SMILES string of the molecule is O=C(Nc1ccc(Br)c([N+](=O)[O-])c1)c1cccnc1Br. The summed E-state index contributed by atoms with van der Waals surface area (Å²) in [5.41, 5.74) is 0.562. The summed E-state index contributed by atoms with van der Waals surface area (Å²) in [6.07, 6.45) is 1.55. The van der Waals surface area contributed by atoms with Crippen LogP contribution in [-0.2, 0) is 0 Å². The second kappa shape index (κ2) is 6.10. The number of amides is 1. The summed E-state index contributed by atoms with van der Waals surface area (Å²) in [5.74, 6) is -0.401. The zero-order valence-corrected chi connectivity index (χ0v) is 13.0. The quantitative estimate of drug-likeness (QED) is 0.482.